The van der Waals surface area contributed by atoms with Gasteiger partial charge in [-0.15, -0.1) is 0 Å². The Kier molecular flexibility index (Phi) is 8.86. The third-order valence-electron chi connectivity index (χ3n) is 8.11. The first-order valence-electron chi connectivity index (χ1n) is 14.1. The molecule has 0 radical (unpaired) electrons. The van der Waals surface area contributed by atoms with Crippen molar-refractivity contribution in [3.63, 3.8) is 0 Å². The van der Waals surface area contributed by atoms with E-state index in [4.69, 9.17) is 23.2 Å². The first-order valence-corrected chi connectivity index (χ1v) is 14.8. The third-order valence-corrected chi connectivity index (χ3v) is 8.60. The van der Waals surface area contributed by atoms with Crippen LogP contribution < -0.4 is 5.32 Å². The van der Waals surface area contributed by atoms with Crippen molar-refractivity contribution in [1.29, 1.82) is 5.26 Å². The van der Waals surface area contributed by atoms with Crippen LogP contribution in [0.1, 0.15) is 82.6 Å². The molecule has 1 aliphatic rings. The maximum Gasteiger partial charge on any atom is 0.150 e. The van der Waals surface area contributed by atoms with E-state index in [-0.39, 0.29) is 22.7 Å². The van der Waals surface area contributed by atoms with E-state index in [9.17, 15) is 10.1 Å². The van der Waals surface area contributed by atoms with Gasteiger partial charge in [0, 0.05) is 28.4 Å². The SMILES string of the molecule is CC(C)(C)C[C@@H]1N[C@@H](C(=O)CCc2ccc(C(C)(C)C)cc2)[C@H](c2cccc(Cl)c2)[C@@]1(C#N)c1ccc(Cl)cc1. The number of hydrogen-bond acceptors (Lipinski definition) is 3. The van der Waals surface area contributed by atoms with Gasteiger partial charge in [0.25, 0.3) is 0 Å². The number of Topliss-reactive ketones (excluding diaryl/α,β-unsaturated/α-hetero) is 1. The molecule has 0 saturated carbocycles. The Balaban J connectivity index is 1.75. The second kappa shape index (κ2) is 11.7. The lowest BCUT2D eigenvalue weighted by Gasteiger charge is -2.37. The average Bonchev–Trinajstić information content (AvgIpc) is 3.20. The molecular weight excluding hydrogens is 535 g/mol. The molecule has 4 rings (SSSR count). The minimum atomic E-state index is -0.989. The lowest BCUT2D eigenvalue weighted by molar-refractivity contribution is -0.121. The molecule has 3 aromatic carbocycles. The van der Waals surface area contributed by atoms with Gasteiger partial charge in [0.15, 0.2) is 5.78 Å². The van der Waals surface area contributed by atoms with Crippen LogP contribution >= 0.6 is 23.2 Å². The minimum Gasteiger partial charge on any atom is -0.302 e. The van der Waals surface area contributed by atoms with Gasteiger partial charge >= 0.3 is 0 Å². The van der Waals surface area contributed by atoms with Gasteiger partial charge in [-0.1, -0.05) is 113 Å². The predicted octanol–water partition coefficient (Wildman–Crippen LogP) is 8.81. The monoisotopic (exact) mass is 574 g/mol. The number of rotatable bonds is 7. The number of nitrogens with one attached hydrogen (secondary N) is 1. The quantitative estimate of drug-likeness (QED) is 0.306. The number of nitriles is 1. The normalized spacial score (nSPS) is 23.1. The molecule has 0 aromatic heterocycles. The fourth-order valence-electron chi connectivity index (χ4n) is 6.10. The highest BCUT2D eigenvalue weighted by molar-refractivity contribution is 6.30. The molecule has 3 nitrogen and oxygen atoms in total. The summed E-state index contributed by atoms with van der Waals surface area (Å²) in [5.74, 6) is -0.310. The maximum atomic E-state index is 14.1. The van der Waals surface area contributed by atoms with E-state index in [1.54, 1.807) is 0 Å². The zero-order valence-electron chi connectivity index (χ0n) is 24.4. The van der Waals surface area contributed by atoms with Crippen molar-refractivity contribution in [3.8, 4) is 6.07 Å². The van der Waals surface area contributed by atoms with Gasteiger partial charge in [-0.3, -0.25) is 4.79 Å². The van der Waals surface area contributed by atoms with E-state index in [1.165, 1.54) is 5.56 Å². The van der Waals surface area contributed by atoms with Crippen LogP contribution in [-0.2, 0) is 22.0 Å². The van der Waals surface area contributed by atoms with Crippen molar-refractivity contribution in [2.45, 2.75) is 89.6 Å². The Labute approximate surface area is 249 Å². The Morgan fingerprint density at radius 2 is 1.57 bits per heavy atom. The minimum absolute atomic E-state index is 0.0716. The van der Waals surface area contributed by atoms with Gasteiger partial charge < -0.3 is 5.32 Å². The topological polar surface area (TPSA) is 52.9 Å². The van der Waals surface area contributed by atoms with Crippen molar-refractivity contribution in [2.24, 2.45) is 5.41 Å². The van der Waals surface area contributed by atoms with Gasteiger partial charge in [-0.05, 0) is 70.2 Å². The van der Waals surface area contributed by atoms with E-state index >= 15 is 0 Å². The molecule has 1 aliphatic heterocycles. The Morgan fingerprint density at radius 1 is 0.925 bits per heavy atom. The molecule has 1 N–H and O–H groups in total. The summed E-state index contributed by atoms with van der Waals surface area (Å²) in [5, 5.41) is 15.9. The summed E-state index contributed by atoms with van der Waals surface area (Å²) >= 11 is 12.7. The van der Waals surface area contributed by atoms with Crippen LogP contribution in [0, 0.1) is 16.7 Å². The molecule has 3 aromatic rings. The van der Waals surface area contributed by atoms with E-state index in [1.807, 2.05) is 48.5 Å². The molecule has 0 unspecified atom stereocenters. The van der Waals surface area contributed by atoms with Crippen molar-refractivity contribution in [2.75, 3.05) is 0 Å². The first kappa shape index (κ1) is 30.3. The highest BCUT2D eigenvalue weighted by Gasteiger charge is 2.59. The van der Waals surface area contributed by atoms with Crippen molar-refractivity contribution < 1.29 is 4.79 Å². The van der Waals surface area contributed by atoms with Crippen LogP contribution in [0.5, 0.6) is 0 Å². The molecule has 40 heavy (non-hydrogen) atoms. The highest BCUT2D eigenvalue weighted by atomic mass is 35.5. The van der Waals surface area contributed by atoms with Gasteiger partial charge in [0.05, 0.1) is 12.1 Å². The molecule has 1 heterocycles. The third kappa shape index (κ3) is 6.46. The van der Waals surface area contributed by atoms with Crippen molar-refractivity contribution in [3.05, 3.63) is 105 Å². The van der Waals surface area contributed by atoms with E-state index in [0.717, 1.165) is 23.1 Å². The standard InChI is InChI=1S/C35H40Cl2N2O/c1-33(2,3)21-30-35(22-38,26-15-17-27(36)18-16-26)31(24-8-7-9-28(37)20-24)32(39-30)29(40)19-12-23-10-13-25(14-11-23)34(4,5)6/h7-11,13-18,20,30-32,39H,12,19,21H2,1-6H3/t30-,31-,32-,35-/m0/s1. The molecule has 5 heteroatoms. The van der Waals surface area contributed by atoms with E-state index in [2.05, 4.69) is 77.2 Å². The average molecular weight is 576 g/mol. The molecule has 210 valence electrons. The largest absolute Gasteiger partial charge is 0.302 e. The number of nitrogens with zero attached hydrogens (tertiary/aromatic N) is 1. The zero-order chi connectivity index (χ0) is 29.3. The predicted molar refractivity (Wildman–Crippen MR) is 166 cm³/mol. The van der Waals surface area contributed by atoms with Crippen molar-refractivity contribution >= 4 is 29.0 Å². The fourth-order valence-corrected chi connectivity index (χ4v) is 6.43. The fraction of sp³-hybridized carbons (Fsp3) is 0.429. The summed E-state index contributed by atoms with van der Waals surface area (Å²) in [4.78, 5) is 14.1. The van der Waals surface area contributed by atoms with Gasteiger partial charge in [-0.25, -0.2) is 0 Å². The molecule has 0 bridgehead atoms. The lowest BCUT2D eigenvalue weighted by atomic mass is 9.62. The molecule has 0 aliphatic carbocycles. The number of aryl methyl sites for hydroxylation is 1. The first-order chi connectivity index (χ1) is 18.7. The van der Waals surface area contributed by atoms with E-state index in [0.29, 0.717) is 22.9 Å². The second-order valence-corrected chi connectivity index (χ2v) is 14.3. The highest BCUT2D eigenvalue weighted by Crippen LogP contribution is 2.51. The van der Waals surface area contributed by atoms with Crippen LogP contribution in [0.4, 0.5) is 0 Å². The number of ketones is 1. The smallest absolute Gasteiger partial charge is 0.150 e. The van der Waals surface area contributed by atoms with Crippen LogP contribution in [0.2, 0.25) is 10.0 Å². The van der Waals surface area contributed by atoms with Crippen molar-refractivity contribution in [1.82, 2.24) is 5.32 Å². The molecular formula is C35H40Cl2N2O. The Morgan fingerprint density at radius 3 is 2.12 bits per heavy atom. The van der Waals surface area contributed by atoms with Crippen LogP contribution in [0.15, 0.2) is 72.8 Å². The number of benzene rings is 3. The second-order valence-electron chi connectivity index (χ2n) is 13.4. The summed E-state index contributed by atoms with van der Waals surface area (Å²) in [6.45, 7) is 13.1. The van der Waals surface area contributed by atoms with Crippen LogP contribution in [0.25, 0.3) is 0 Å². The Bertz CT molecular complexity index is 1380. The number of carbonyl (C=O) groups excluding carboxylic acids is 1. The number of halogens is 2. The lowest BCUT2D eigenvalue weighted by Crippen LogP contribution is -2.44. The van der Waals surface area contributed by atoms with Gasteiger partial charge in [0.1, 0.15) is 5.41 Å². The molecule has 4 atom stereocenters. The Hall–Kier alpha value is -2.64. The maximum absolute atomic E-state index is 14.1. The zero-order valence-corrected chi connectivity index (χ0v) is 25.9. The summed E-state index contributed by atoms with van der Waals surface area (Å²) in [6, 6.07) is 25.7. The van der Waals surface area contributed by atoms with E-state index < -0.39 is 17.4 Å². The molecule has 0 spiro atoms. The molecule has 1 saturated heterocycles. The molecule has 0 amide bonds. The number of hydrogen-bond donors (Lipinski definition) is 1. The molecule has 1 fully saturated rings. The van der Waals surface area contributed by atoms with Gasteiger partial charge in [-0.2, -0.15) is 5.26 Å². The summed E-state index contributed by atoms with van der Waals surface area (Å²) in [5.41, 5.74) is 3.17. The number of carbonyl (C=O) groups is 1. The van der Waals surface area contributed by atoms with Gasteiger partial charge in [0.2, 0.25) is 0 Å². The summed E-state index contributed by atoms with van der Waals surface area (Å²) < 4.78 is 0. The van der Waals surface area contributed by atoms with Crippen LogP contribution in [0.3, 0.4) is 0 Å². The summed E-state index contributed by atoms with van der Waals surface area (Å²) in [6.07, 6.45) is 1.75. The summed E-state index contributed by atoms with van der Waals surface area (Å²) in [7, 11) is 0. The van der Waals surface area contributed by atoms with Crippen LogP contribution in [-0.4, -0.2) is 17.9 Å².